The molecular weight excluding hydrogens is 356 g/mol. The van der Waals surface area contributed by atoms with Crippen LogP contribution in [0.3, 0.4) is 0 Å². The van der Waals surface area contributed by atoms with Crippen molar-refractivity contribution in [2.75, 3.05) is 18.6 Å². The second-order valence-electron chi connectivity index (χ2n) is 6.07. The minimum Gasteiger partial charge on any atom is -0.493 e. The Morgan fingerprint density at radius 1 is 1.07 bits per heavy atom. The van der Waals surface area contributed by atoms with Crippen molar-refractivity contribution in [2.24, 2.45) is 0 Å². The van der Waals surface area contributed by atoms with Crippen molar-refractivity contribution < 1.29 is 19.4 Å². The minimum atomic E-state index is -0.965. The first-order valence-electron chi connectivity index (χ1n) is 8.93. The SMILES string of the molecule is CCOc1ccc(N(Cc2cccnc2)c2cccc(C(=O)O)c2)cc1OC. The highest BCUT2D eigenvalue weighted by Gasteiger charge is 2.15. The van der Waals surface area contributed by atoms with Crippen LogP contribution in [0.2, 0.25) is 0 Å². The van der Waals surface area contributed by atoms with E-state index in [0.717, 1.165) is 16.9 Å². The van der Waals surface area contributed by atoms with Crippen molar-refractivity contribution in [1.82, 2.24) is 4.98 Å². The van der Waals surface area contributed by atoms with Crippen molar-refractivity contribution >= 4 is 17.3 Å². The van der Waals surface area contributed by atoms with Crippen LogP contribution < -0.4 is 14.4 Å². The van der Waals surface area contributed by atoms with Gasteiger partial charge in [-0.15, -0.1) is 0 Å². The number of aromatic nitrogens is 1. The van der Waals surface area contributed by atoms with E-state index in [1.807, 2.05) is 48.2 Å². The predicted molar refractivity (Wildman–Crippen MR) is 108 cm³/mol. The van der Waals surface area contributed by atoms with E-state index in [0.29, 0.717) is 24.7 Å². The Morgan fingerprint density at radius 2 is 1.89 bits per heavy atom. The Balaban J connectivity index is 2.06. The third kappa shape index (κ3) is 4.40. The van der Waals surface area contributed by atoms with E-state index >= 15 is 0 Å². The maximum atomic E-state index is 11.4. The molecule has 0 spiro atoms. The summed E-state index contributed by atoms with van der Waals surface area (Å²) in [6, 6.07) is 16.4. The van der Waals surface area contributed by atoms with E-state index in [4.69, 9.17) is 9.47 Å². The number of methoxy groups -OCH3 is 1. The number of carbonyl (C=O) groups is 1. The zero-order valence-corrected chi connectivity index (χ0v) is 15.8. The van der Waals surface area contributed by atoms with Crippen LogP contribution in [0, 0.1) is 0 Å². The number of hydrogen-bond donors (Lipinski definition) is 1. The van der Waals surface area contributed by atoms with Crippen molar-refractivity contribution in [3.05, 3.63) is 78.1 Å². The fourth-order valence-corrected chi connectivity index (χ4v) is 2.91. The summed E-state index contributed by atoms with van der Waals surface area (Å²) in [6.45, 7) is 2.98. The molecule has 0 aliphatic rings. The third-order valence-electron chi connectivity index (χ3n) is 4.23. The fourth-order valence-electron chi connectivity index (χ4n) is 2.91. The Hall–Kier alpha value is -3.54. The van der Waals surface area contributed by atoms with Crippen LogP contribution >= 0.6 is 0 Å². The van der Waals surface area contributed by atoms with Gasteiger partial charge in [-0.05, 0) is 48.9 Å². The summed E-state index contributed by atoms with van der Waals surface area (Å²) in [4.78, 5) is 17.6. The second-order valence-corrected chi connectivity index (χ2v) is 6.07. The van der Waals surface area contributed by atoms with E-state index in [9.17, 15) is 9.90 Å². The largest absolute Gasteiger partial charge is 0.493 e. The van der Waals surface area contributed by atoms with E-state index in [-0.39, 0.29) is 5.56 Å². The number of pyridine rings is 1. The van der Waals surface area contributed by atoms with Gasteiger partial charge in [0.1, 0.15) is 0 Å². The lowest BCUT2D eigenvalue weighted by Gasteiger charge is -2.26. The lowest BCUT2D eigenvalue weighted by Crippen LogP contribution is -2.17. The van der Waals surface area contributed by atoms with Crippen molar-refractivity contribution in [3.63, 3.8) is 0 Å². The Morgan fingerprint density at radius 3 is 2.57 bits per heavy atom. The summed E-state index contributed by atoms with van der Waals surface area (Å²) in [7, 11) is 1.60. The van der Waals surface area contributed by atoms with Gasteiger partial charge < -0.3 is 19.5 Å². The lowest BCUT2D eigenvalue weighted by atomic mass is 10.1. The molecule has 6 nitrogen and oxygen atoms in total. The molecule has 0 atom stereocenters. The van der Waals surface area contributed by atoms with Crippen LogP contribution in [0.1, 0.15) is 22.8 Å². The average molecular weight is 378 g/mol. The Kier molecular flexibility index (Phi) is 6.11. The van der Waals surface area contributed by atoms with E-state index < -0.39 is 5.97 Å². The Bertz CT molecular complexity index is 944. The summed E-state index contributed by atoms with van der Waals surface area (Å²) >= 11 is 0. The molecule has 0 unspecified atom stereocenters. The quantitative estimate of drug-likeness (QED) is 0.621. The van der Waals surface area contributed by atoms with Gasteiger partial charge in [-0.25, -0.2) is 4.79 Å². The second kappa shape index (κ2) is 8.90. The first-order chi connectivity index (χ1) is 13.6. The van der Waals surface area contributed by atoms with Crippen molar-refractivity contribution in [1.29, 1.82) is 0 Å². The molecule has 1 aromatic heterocycles. The monoisotopic (exact) mass is 378 g/mol. The molecule has 6 heteroatoms. The number of ether oxygens (including phenoxy) is 2. The summed E-state index contributed by atoms with van der Waals surface area (Å²) in [5, 5.41) is 9.36. The fraction of sp³-hybridized carbons (Fsp3) is 0.182. The first kappa shape index (κ1) is 19.2. The minimum absolute atomic E-state index is 0.228. The Labute approximate surface area is 164 Å². The highest BCUT2D eigenvalue weighted by atomic mass is 16.5. The van der Waals surface area contributed by atoms with Crippen molar-refractivity contribution in [2.45, 2.75) is 13.5 Å². The molecule has 0 saturated carbocycles. The van der Waals surface area contributed by atoms with Gasteiger partial charge in [0, 0.05) is 36.4 Å². The van der Waals surface area contributed by atoms with E-state index in [1.54, 1.807) is 37.7 Å². The molecule has 0 amide bonds. The van der Waals surface area contributed by atoms with Gasteiger partial charge in [-0.2, -0.15) is 0 Å². The molecule has 2 aromatic carbocycles. The van der Waals surface area contributed by atoms with Gasteiger partial charge in [-0.1, -0.05) is 12.1 Å². The standard InChI is InChI=1S/C22H22N2O4/c1-3-28-20-10-9-19(13-21(20)27-2)24(15-16-6-5-11-23-14-16)18-8-4-7-17(12-18)22(25)26/h4-14H,3,15H2,1-2H3,(H,25,26). The zero-order chi connectivity index (χ0) is 19.9. The van der Waals surface area contributed by atoms with Crippen molar-refractivity contribution in [3.8, 4) is 11.5 Å². The first-order valence-corrected chi connectivity index (χ1v) is 8.93. The number of benzene rings is 2. The maximum Gasteiger partial charge on any atom is 0.335 e. The third-order valence-corrected chi connectivity index (χ3v) is 4.23. The molecular formula is C22H22N2O4. The molecule has 28 heavy (non-hydrogen) atoms. The van der Waals surface area contributed by atoms with Crippen LogP contribution in [0.4, 0.5) is 11.4 Å². The van der Waals surface area contributed by atoms with Crippen LogP contribution in [-0.2, 0) is 6.54 Å². The van der Waals surface area contributed by atoms with Crippen LogP contribution in [0.15, 0.2) is 67.0 Å². The highest BCUT2D eigenvalue weighted by Crippen LogP contribution is 2.36. The summed E-state index contributed by atoms with van der Waals surface area (Å²) in [5.74, 6) is 0.312. The number of anilines is 2. The van der Waals surface area contributed by atoms with Gasteiger partial charge in [0.2, 0.25) is 0 Å². The van der Waals surface area contributed by atoms with Gasteiger partial charge in [0.05, 0.1) is 19.3 Å². The number of aromatic carboxylic acids is 1. The van der Waals surface area contributed by atoms with Crippen LogP contribution in [0.5, 0.6) is 11.5 Å². The predicted octanol–water partition coefficient (Wildman–Crippen LogP) is 4.53. The topological polar surface area (TPSA) is 71.9 Å². The molecule has 0 aliphatic carbocycles. The van der Waals surface area contributed by atoms with Gasteiger partial charge >= 0.3 is 5.97 Å². The molecule has 0 fully saturated rings. The molecule has 1 N–H and O–H groups in total. The molecule has 0 radical (unpaired) electrons. The number of carboxylic acids is 1. The van der Waals surface area contributed by atoms with Crippen LogP contribution in [-0.4, -0.2) is 29.8 Å². The van der Waals surface area contributed by atoms with Gasteiger partial charge in [-0.3, -0.25) is 4.98 Å². The molecule has 1 heterocycles. The highest BCUT2D eigenvalue weighted by molar-refractivity contribution is 5.89. The van der Waals surface area contributed by atoms with Gasteiger partial charge in [0.25, 0.3) is 0 Å². The number of hydrogen-bond acceptors (Lipinski definition) is 5. The smallest absolute Gasteiger partial charge is 0.335 e. The molecule has 0 bridgehead atoms. The lowest BCUT2D eigenvalue weighted by molar-refractivity contribution is 0.0697. The summed E-state index contributed by atoms with van der Waals surface area (Å²) in [6.07, 6.45) is 3.51. The number of nitrogens with zero attached hydrogens (tertiary/aromatic N) is 2. The molecule has 3 rings (SSSR count). The van der Waals surface area contributed by atoms with E-state index in [1.165, 1.54) is 0 Å². The number of rotatable bonds is 8. The molecule has 0 aliphatic heterocycles. The average Bonchev–Trinajstić information content (AvgIpc) is 2.73. The summed E-state index contributed by atoms with van der Waals surface area (Å²) in [5.41, 5.74) is 2.84. The molecule has 3 aromatic rings. The number of carboxylic acid groups (broad SMARTS) is 1. The van der Waals surface area contributed by atoms with Gasteiger partial charge in [0.15, 0.2) is 11.5 Å². The normalized spacial score (nSPS) is 10.4. The van der Waals surface area contributed by atoms with E-state index in [2.05, 4.69) is 4.98 Å². The van der Waals surface area contributed by atoms with Crippen LogP contribution in [0.25, 0.3) is 0 Å². The molecule has 0 saturated heterocycles. The maximum absolute atomic E-state index is 11.4. The summed E-state index contributed by atoms with van der Waals surface area (Å²) < 4.78 is 11.1. The molecule has 144 valence electrons. The zero-order valence-electron chi connectivity index (χ0n) is 15.8.